The summed E-state index contributed by atoms with van der Waals surface area (Å²) in [6, 6.07) is 16.2. The number of methoxy groups -OCH3 is 1. The van der Waals surface area contributed by atoms with Gasteiger partial charge in [-0.1, -0.05) is 82.1 Å². The molecule has 3 aromatic heterocycles. The van der Waals surface area contributed by atoms with Gasteiger partial charge in [-0.15, -0.1) is 10.2 Å². The molecule has 42 heavy (non-hydrogen) atoms. The summed E-state index contributed by atoms with van der Waals surface area (Å²) >= 11 is 0. The number of H-pyrrole nitrogens is 1. The highest BCUT2D eigenvalue weighted by Crippen LogP contribution is 2.30. The van der Waals surface area contributed by atoms with E-state index in [1.54, 1.807) is 14.0 Å². The SMILES string of the molecule is CCCCCc1nc2c(c(=O)n(CC(C)C)c(=O)n2C(C)OC)n1Cc1ccc(-c2ccccc2-c2nn[nH]n2)cc1. The van der Waals surface area contributed by atoms with Crippen molar-refractivity contribution in [1.29, 1.82) is 0 Å². The topological polar surface area (TPSA) is 126 Å². The van der Waals surface area contributed by atoms with Crippen LogP contribution in [0.1, 0.15) is 64.6 Å². The number of aromatic amines is 1. The Hall–Kier alpha value is -4.38. The van der Waals surface area contributed by atoms with E-state index < -0.39 is 11.9 Å². The molecule has 0 amide bonds. The molecule has 1 unspecified atom stereocenters. The summed E-state index contributed by atoms with van der Waals surface area (Å²) in [7, 11) is 1.55. The van der Waals surface area contributed by atoms with Crippen LogP contribution in [0.25, 0.3) is 33.7 Å². The molecule has 0 aliphatic rings. The maximum atomic E-state index is 13.9. The quantitative estimate of drug-likeness (QED) is 0.213. The van der Waals surface area contributed by atoms with Crippen molar-refractivity contribution in [3.63, 3.8) is 0 Å². The molecule has 1 atom stereocenters. The second-order valence-corrected chi connectivity index (χ2v) is 11.0. The zero-order valence-electron chi connectivity index (χ0n) is 24.9. The van der Waals surface area contributed by atoms with E-state index >= 15 is 0 Å². The molecule has 0 radical (unpaired) electrons. The highest BCUT2D eigenvalue weighted by atomic mass is 16.5. The smallest absolute Gasteiger partial charge is 0.334 e. The van der Waals surface area contributed by atoms with Gasteiger partial charge in [-0.25, -0.2) is 14.3 Å². The number of ether oxygens (including phenoxy) is 1. The molecular formula is C31H38N8O3. The summed E-state index contributed by atoms with van der Waals surface area (Å²) in [5, 5.41) is 14.5. The molecule has 0 saturated heterocycles. The van der Waals surface area contributed by atoms with Gasteiger partial charge in [0.2, 0.25) is 5.82 Å². The number of fused-ring (bicyclic) bond motifs is 1. The van der Waals surface area contributed by atoms with E-state index in [1.807, 2.05) is 42.7 Å². The van der Waals surface area contributed by atoms with Gasteiger partial charge in [-0.05, 0) is 41.2 Å². The number of aromatic nitrogens is 8. The molecule has 2 aromatic carbocycles. The summed E-state index contributed by atoms with van der Waals surface area (Å²) in [5.74, 6) is 1.44. The van der Waals surface area contributed by atoms with Gasteiger partial charge in [0.1, 0.15) is 12.1 Å². The van der Waals surface area contributed by atoms with Gasteiger partial charge in [0.05, 0.1) is 0 Å². The third-order valence-electron chi connectivity index (χ3n) is 7.52. The van der Waals surface area contributed by atoms with E-state index in [9.17, 15) is 9.59 Å². The maximum Gasteiger partial charge on any atom is 0.334 e. The molecule has 5 rings (SSSR count). The van der Waals surface area contributed by atoms with E-state index in [-0.39, 0.29) is 11.5 Å². The molecule has 0 spiro atoms. The van der Waals surface area contributed by atoms with E-state index in [0.717, 1.165) is 47.3 Å². The monoisotopic (exact) mass is 570 g/mol. The Balaban J connectivity index is 1.61. The van der Waals surface area contributed by atoms with Crippen LogP contribution in [0.15, 0.2) is 58.1 Å². The molecule has 0 aliphatic heterocycles. The number of nitrogens with zero attached hydrogens (tertiary/aromatic N) is 7. The number of benzene rings is 2. The summed E-state index contributed by atoms with van der Waals surface area (Å²) in [5.41, 5.74) is 3.99. The highest BCUT2D eigenvalue weighted by Gasteiger charge is 2.24. The zero-order chi connectivity index (χ0) is 29.8. The fraction of sp³-hybridized carbons (Fsp3) is 0.419. The minimum absolute atomic E-state index is 0.113. The minimum atomic E-state index is -0.579. The predicted molar refractivity (Wildman–Crippen MR) is 162 cm³/mol. The van der Waals surface area contributed by atoms with Crippen molar-refractivity contribution in [1.82, 2.24) is 39.3 Å². The van der Waals surface area contributed by atoms with E-state index in [2.05, 4.69) is 51.8 Å². The van der Waals surface area contributed by atoms with Crippen LogP contribution in [0.3, 0.4) is 0 Å². The number of nitrogens with one attached hydrogen (secondary N) is 1. The van der Waals surface area contributed by atoms with Gasteiger partial charge in [-0.2, -0.15) is 5.21 Å². The first kappa shape index (κ1) is 29.1. The number of unbranched alkanes of at least 4 members (excludes halogenated alkanes) is 2. The Morgan fingerprint density at radius 2 is 1.69 bits per heavy atom. The van der Waals surface area contributed by atoms with Crippen molar-refractivity contribution < 1.29 is 4.74 Å². The van der Waals surface area contributed by atoms with Crippen LogP contribution in [0.4, 0.5) is 0 Å². The van der Waals surface area contributed by atoms with Crippen LogP contribution in [0.5, 0.6) is 0 Å². The number of aryl methyl sites for hydroxylation is 1. The molecule has 0 bridgehead atoms. The molecule has 3 heterocycles. The Morgan fingerprint density at radius 1 is 0.952 bits per heavy atom. The molecule has 220 valence electrons. The first-order valence-electron chi connectivity index (χ1n) is 14.5. The van der Waals surface area contributed by atoms with E-state index in [4.69, 9.17) is 9.72 Å². The van der Waals surface area contributed by atoms with Gasteiger partial charge >= 0.3 is 5.69 Å². The summed E-state index contributed by atoms with van der Waals surface area (Å²) in [6.45, 7) is 8.70. The van der Waals surface area contributed by atoms with Crippen LogP contribution < -0.4 is 11.2 Å². The van der Waals surface area contributed by atoms with Crippen LogP contribution in [-0.2, 0) is 24.2 Å². The zero-order valence-corrected chi connectivity index (χ0v) is 24.9. The lowest BCUT2D eigenvalue weighted by atomic mass is 9.98. The fourth-order valence-electron chi connectivity index (χ4n) is 5.33. The van der Waals surface area contributed by atoms with Gasteiger partial charge < -0.3 is 9.30 Å². The fourth-order valence-corrected chi connectivity index (χ4v) is 5.33. The predicted octanol–water partition coefficient (Wildman–Crippen LogP) is 4.81. The molecule has 0 aliphatic carbocycles. The van der Waals surface area contributed by atoms with Crippen LogP contribution in [-0.4, -0.2) is 46.4 Å². The summed E-state index contributed by atoms with van der Waals surface area (Å²) < 4.78 is 10.4. The van der Waals surface area contributed by atoms with Crippen molar-refractivity contribution in [2.45, 2.75) is 72.7 Å². The van der Waals surface area contributed by atoms with Crippen molar-refractivity contribution in [2.24, 2.45) is 5.92 Å². The van der Waals surface area contributed by atoms with Crippen molar-refractivity contribution in [3.8, 4) is 22.5 Å². The normalized spacial score (nSPS) is 12.4. The second kappa shape index (κ2) is 12.6. The number of hydrogen-bond acceptors (Lipinski definition) is 7. The van der Waals surface area contributed by atoms with Crippen molar-refractivity contribution in [3.05, 3.63) is 80.8 Å². The van der Waals surface area contributed by atoms with Gasteiger partial charge in [0, 0.05) is 32.2 Å². The van der Waals surface area contributed by atoms with Crippen molar-refractivity contribution in [2.75, 3.05) is 7.11 Å². The van der Waals surface area contributed by atoms with E-state index in [1.165, 1.54) is 9.13 Å². The first-order valence-corrected chi connectivity index (χ1v) is 14.5. The standard InChI is InChI=1S/C31H38N8O3/c1-6-7-8-13-26-32-29-27(30(40)38(18-20(2)3)31(41)39(29)21(4)42-5)37(26)19-22-14-16-23(17-15-22)24-11-9-10-12-25(24)28-33-35-36-34-28/h9-12,14-17,20-21H,6-8,13,18-19H2,1-5H3,(H,33,34,35,36). The van der Waals surface area contributed by atoms with Gasteiger partial charge in [-0.3, -0.25) is 9.36 Å². The Bertz CT molecular complexity index is 1770. The lowest BCUT2D eigenvalue weighted by Crippen LogP contribution is -2.42. The van der Waals surface area contributed by atoms with E-state index in [0.29, 0.717) is 36.5 Å². The lowest BCUT2D eigenvalue weighted by molar-refractivity contribution is 0.0583. The third kappa shape index (κ3) is 5.69. The number of imidazole rings is 1. The lowest BCUT2D eigenvalue weighted by Gasteiger charge is -2.18. The van der Waals surface area contributed by atoms with Crippen LogP contribution >= 0.6 is 0 Å². The Kier molecular flexibility index (Phi) is 8.77. The molecule has 0 fully saturated rings. The Labute approximate surface area is 244 Å². The van der Waals surface area contributed by atoms with Gasteiger partial charge in [0.15, 0.2) is 11.2 Å². The minimum Gasteiger partial charge on any atom is -0.361 e. The number of rotatable bonds is 12. The Morgan fingerprint density at radius 3 is 2.33 bits per heavy atom. The first-order chi connectivity index (χ1) is 20.3. The summed E-state index contributed by atoms with van der Waals surface area (Å²) in [4.78, 5) is 32.4. The molecule has 0 saturated carbocycles. The van der Waals surface area contributed by atoms with Crippen LogP contribution in [0.2, 0.25) is 0 Å². The third-order valence-corrected chi connectivity index (χ3v) is 7.52. The number of tetrazole rings is 1. The average molecular weight is 571 g/mol. The molecule has 5 aromatic rings. The average Bonchev–Trinajstić information content (AvgIpc) is 3.65. The van der Waals surface area contributed by atoms with Gasteiger partial charge in [0.25, 0.3) is 5.56 Å². The molecular weight excluding hydrogens is 532 g/mol. The second-order valence-electron chi connectivity index (χ2n) is 11.0. The largest absolute Gasteiger partial charge is 0.361 e. The van der Waals surface area contributed by atoms with Crippen LogP contribution in [0, 0.1) is 5.92 Å². The highest BCUT2D eigenvalue weighted by molar-refractivity contribution is 5.80. The van der Waals surface area contributed by atoms with Crippen molar-refractivity contribution >= 4 is 11.2 Å². The molecule has 11 heteroatoms. The summed E-state index contributed by atoms with van der Waals surface area (Å²) in [6.07, 6.45) is 3.19. The maximum absolute atomic E-state index is 13.9. The number of hydrogen-bond donors (Lipinski definition) is 1. The molecule has 11 nitrogen and oxygen atoms in total. The molecule has 1 N–H and O–H groups in total.